The SMILES string of the molecule is Cc1ccc(C(C)O)c(N)c1N. The number of nitrogen functional groups attached to an aromatic ring is 2. The number of aliphatic hydroxyl groups excluding tert-OH is 1. The third kappa shape index (κ3) is 1.36. The second-order valence-corrected chi connectivity index (χ2v) is 2.98. The van der Waals surface area contributed by atoms with Gasteiger partial charge in [-0.2, -0.15) is 0 Å². The average Bonchev–Trinajstić information content (AvgIpc) is 2.00. The van der Waals surface area contributed by atoms with Crippen LogP contribution in [0.5, 0.6) is 0 Å². The van der Waals surface area contributed by atoms with Crippen LogP contribution < -0.4 is 11.5 Å². The molecule has 3 nitrogen and oxygen atoms in total. The van der Waals surface area contributed by atoms with Crippen LogP contribution in [-0.2, 0) is 0 Å². The predicted molar refractivity (Wildman–Crippen MR) is 50.6 cm³/mol. The monoisotopic (exact) mass is 166 g/mol. The summed E-state index contributed by atoms with van der Waals surface area (Å²) in [6, 6.07) is 3.65. The van der Waals surface area contributed by atoms with Crippen LogP contribution in [0.3, 0.4) is 0 Å². The average molecular weight is 166 g/mol. The van der Waals surface area contributed by atoms with Gasteiger partial charge in [-0.25, -0.2) is 0 Å². The van der Waals surface area contributed by atoms with Gasteiger partial charge in [0.05, 0.1) is 17.5 Å². The summed E-state index contributed by atoms with van der Waals surface area (Å²) in [5, 5.41) is 9.28. The highest BCUT2D eigenvalue weighted by Gasteiger charge is 2.08. The highest BCUT2D eigenvalue weighted by atomic mass is 16.3. The number of hydrogen-bond donors (Lipinski definition) is 3. The van der Waals surface area contributed by atoms with Crippen molar-refractivity contribution in [2.45, 2.75) is 20.0 Å². The summed E-state index contributed by atoms with van der Waals surface area (Å²) in [6.07, 6.45) is -0.562. The minimum absolute atomic E-state index is 0.491. The van der Waals surface area contributed by atoms with E-state index in [2.05, 4.69) is 0 Å². The maximum atomic E-state index is 9.28. The minimum Gasteiger partial charge on any atom is -0.397 e. The molecule has 66 valence electrons. The number of anilines is 2. The van der Waals surface area contributed by atoms with E-state index in [4.69, 9.17) is 11.5 Å². The molecule has 1 aromatic rings. The maximum Gasteiger partial charge on any atom is 0.0782 e. The van der Waals surface area contributed by atoms with Crippen molar-refractivity contribution in [3.8, 4) is 0 Å². The summed E-state index contributed by atoms with van der Waals surface area (Å²) in [4.78, 5) is 0. The molecule has 0 radical (unpaired) electrons. The molecule has 12 heavy (non-hydrogen) atoms. The van der Waals surface area contributed by atoms with Gasteiger partial charge in [0.1, 0.15) is 0 Å². The topological polar surface area (TPSA) is 72.3 Å². The van der Waals surface area contributed by atoms with Crippen molar-refractivity contribution >= 4 is 11.4 Å². The number of hydrogen-bond acceptors (Lipinski definition) is 3. The van der Waals surface area contributed by atoms with Crippen LogP contribution in [0.1, 0.15) is 24.2 Å². The molecule has 0 aliphatic rings. The third-order valence-corrected chi connectivity index (χ3v) is 1.99. The minimum atomic E-state index is -0.562. The van der Waals surface area contributed by atoms with Crippen LogP contribution in [0.4, 0.5) is 11.4 Å². The van der Waals surface area contributed by atoms with Crippen molar-refractivity contribution < 1.29 is 5.11 Å². The van der Waals surface area contributed by atoms with Gasteiger partial charge >= 0.3 is 0 Å². The fourth-order valence-corrected chi connectivity index (χ4v) is 1.13. The van der Waals surface area contributed by atoms with Crippen molar-refractivity contribution in [1.29, 1.82) is 0 Å². The van der Waals surface area contributed by atoms with Gasteiger partial charge in [-0.3, -0.25) is 0 Å². The Labute approximate surface area is 72.0 Å². The summed E-state index contributed by atoms with van der Waals surface area (Å²) in [7, 11) is 0. The Morgan fingerprint density at radius 2 is 1.83 bits per heavy atom. The summed E-state index contributed by atoms with van der Waals surface area (Å²) in [5.41, 5.74) is 14.1. The summed E-state index contributed by atoms with van der Waals surface area (Å²) in [6.45, 7) is 3.55. The van der Waals surface area contributed by atoms with Gasteiger partial charge in [-0.05, 0) is 19.4 Å². The van der Waals surface area contributed by atoms with Gasteiger partial charge in [-0.15, -0.1) is 0 Å². The Morgan fingerprint density at radius 3 is 2.33 bits per heavy atom. The number of aliphatic hydroxyl groups is 1. The Bertz CT molecular complexity index is 295. The molecule has 3 heteroatoms. The molecule has 1 aromatic carbocycles. The fourth-order valence-electron chi connectivity index (χ4n) is 1.13. The molecule has 0 aliphatic heterocycles. The van der Waals surface area contributed by atoms with E-state index in [1.165, 1.54) is 0 Å². The number of rotatable bonds is 1. The number of aryl methyl sites for hydroxylation is 1. The smallest absolute Gasteiger partial charge is 0.0782 e. The Hall–Kier alpha value is -1.22. The van der Waals surface area contributed by atoms with Crippen molar-refractivity contribution in [2.24, 2.45) is 0 Å². The first-order chi connectivity index (χ1) is 5.54. The van der Waals surface area contributed by atoms with Gasteiger partial charge in [0.2, 0.25) is 0 Å². The summed E-state index contributed by atoms with van der Waals surface area (Å²) >= 11 is 0. The lowest BCUT2D eigenvalue weighted by molar-refractivity contribution is 0.200. The van der Waals surface area contributed by atoms with Crippen molar-refractivity contribution in [1.82, 2.24) is 0 Å². The second kappa shape index (κ2) is 3.03. The second-order valence-electron chi connectivity index (χ2n) is 2.98. The lowest BCUT2D eigenvalue weighted by Gasteiger charge is -2.12. The molecule has 0 amide bonds. The highest BCUT2D eigenvalue weighted by molar-refractivity contribution is 5.71. The molecular weight excluding hydrogens is 152 g/mol. The van der Waals surface area contributed by atoms with E-state index >= 15 is 0 Å². The molecule has 0 saturated heterocycles. The number of benzene rings is 1. The molecule has 0 aromatic heterocycles. The summed E-state index contributed by atoms with van der Waals surface area (Å²) < 4.78 is 0. The van der Waals surface area contributed by atoms with E-state index in [1.54, 1.807) is 13.0 Å². The lowest BCUT2D eigenvalue weighted by atomic mass is 10.0. The van der Waals surface area contributed by atoms with E-state index in [-0.39, 0.29) is 0 Å². The van der Waals surface area contributed by atoms with E-state index < -0.39 is 6.10 Å². The van der Waals surface area contributed by atoms with Crippen LogP contribution in [0.2, 0.25) is 0 Å². The molecule has 0 heterocycles. The molecule has 0 bridgehead atoms. The summed E-state index contributed by atoms with van der Waals surface area (Å²) in [5.74, 6) is 0. The van der Waals surface area contributed by atoms with Gasteiger partial charge in [-0.1, -0.05) is 12.1 Å². The fraction of sp³-hybridized carbons (Fsp3) is 0.333. The molecule has 1 unspecified atom stereocenters. The Morgan fingerprint density at radius 1 is 1.25 bits per heavy atom. The number of nitrogens with two attached hydrogens (primary N) is 2. The van der Waals surface area contributed by atoms with Gasteiger partial charge in [0.25, 0.3) is 0 Å². The van der Waals surface area contributed by atoms with Crippen LogP contribution in [-0.4, -0.2) is 5.11 Å². The quantitative estimate of drug-likeness (QED) is 0.549. The lowest BCUT2D eigenvalue weighted by Crippen LogP contribution is -2.04. The van der Waals surface area contributed by atoms with E-state index in [0.717, 1.165) is 5.56 Å². The Kier molecular flexibility index (Phi) is 2.24. The molecule has 0 aliphatic carbocycles. The molecule has 0 spiro atoms. The van der Waals surface area contributed by atoms with Crippen molar-refractivity contribution in [3.63, 3.8) is 0 Å². The third-order valence-electron chi connectivity index (χ3n) is 1.99. The van der Waals surface area contributed by atoms with Gasteiger partial charge < -0.3 is 16.6 Å². The van der Waals surface area contributed by atoms with Crippen LogP contribution in [0.15, 0.2) is 12.1 Å². The zero-order valence-electron chi connectivity index (χ0n) is 7.33. The maximum absolute atomic E-state index is 9.28. The van der Waals surface area contributed by atoms with E-state index in [1.807, 2.05) is 13.0 Å². The van der Waals surface area contributed by atoms with Crippen LogP contribution in [0, 0.1) is 6.92 Å². The van der Waals surface area contributed by atoms with Crippen molar-refractivity contribution in [2.75, 3.05) is 11.5 Å². The highest BCUT2D eigenvalue weighted by Crippen LogP contribution is 2.27. The van der Waals surface area contributed by atoms with Gasteiger partial charge in [0.15, 0.2) is 0 Å². The first kappa shape index (κ1) is 8.87. The molecular formula is C9H14N2O. The Balaban J connectivity index is 3.27. The first-order valence-corrected chi connectivity index (χ1v) is 3.86. The van der Waals surface area contributed by atoms with Crippen LogP contribution in [0.25, 0.3) is 0 Å². The predicted octanol–water partition coefficient (Wildman–Crippen LogP) is 1.21. The molecule has 1 atom stereocenters. The standard InChI is InChI=1S/C9H14N2O/c1-5-3-4-7(6(2)12)9(11)8(5)10/h3-4,6,12H,10-11H2,1-2H3. The first-order valence-electron chi connectivity index (χ1n) is 3.86. The molecule has 0 fully saturated rings. The zero-order valence-corrected chi connectivity index (χ0v) is 7.33. The molecule has 0 saturated carbocycles. The van der Waals surface area contributed by atoms with Crippen molar-refractivity contribution in [3.05, 3.63) is 23.3 Å². The molecule has 1 rings (SSSR count). The van der Waals surface area contributed by atoms with Crippen LogP contribution >= 0.6 is 0 Å². The van der Waals surface area contributed by atoms with Gasteiger partial charge in [0, 0.05) is 5.56 Å². The van der Waals surface area contributed by atoms with E-state index in [0.29, 0.717) is 16.9 Å². The molecule has 5 N–H and O–H groups in total. The largest absolute Gasteiger partial charge is 0.397 e. The normalized spacial score (nSPS) is 12.9. The zero-order chi connectivity index (χ0) is 9.30. The van der Waals surface area contributed by atoms with E-state index in [9.17, 15) is 5.11 Å².